The second-order valence-electron chi connectivity index (χ2n) is 7.66. The zero-order chi connectivity index (χ0) is 22.6. The van der Waals surface area contributed by atoms with Crippen molar-refractivity contribution in [1.82, 2.24) is 5.32 Å². The van der Waals surface area contributed by atoms with Gasteiger partial charge in [-0.25, -0.2) is 8.78 Å². The molecule has 1 amide bonds. The van der Waals surface area contributed by atoms with Crippen molar-refractivity contribution in [2.45, 2.75) is 32.3 Å². The average molecular weight is 429 g/mol. The van der Waals surface area contributed by atoms with Crippen molar-refractivity contribution in [1.29, 1.82) is 0 Å². The molecule has 1 aliphatic rings. The third kappa shape index (κ3) is 4.73. The minimum absolute atomic E-state index is 0.000751. The number of nitrogens with one attached hydrogen (secondary N) is 1. The number of oxime groups is 2. The van der Waals surface area contributed by atoms with Crippen molar-refractivity contribution in [2.75, 3.05) is 14.2 Å². The van der Waals surface area contributed by atoms with Gasteiger partial charge in [0.2, 0.25) is 0 Å². The first-order valence-electron chi connectivity index (χ1n) is 9.85. The van der Waals surface area contributed by atoms with E-state index in [1.807, 2.05) is 26.0 Å². The first kappa shape index (κ1) is 22.4. The minimum Gasteiger partial charge on any atom is -0.398 e. The van der Waals surface area contributed by atoms with Crippen LogP contribution in [0, 0.1) is 17.6 Å². The Labute approximate surface area is 179 Å². The molecular formula is C23H25F2N3O3. The van der Waals surface area contributed by atoms with Gasteiger partial charge in [-0.15, -0.1) is 0 Å². The molecule has 0 radical (unpaired) electrons. The van der Waals surface area contributed by atoms with Gasteiger partial charge in [0.25, 0.3) is 5.91 Å². The molecule has 0 spiro atoms. The quantitative estimate of drug-likeness (QED) is 0.511. The van der Waals surface area contributed by atoms with Gasteiger partial charge in [-0.05, 0) is 25.0 Å². The highest BCUT2D eigenvalue weighted by molar-refractivity contribution is 6.45. The Morgan fingerprint density at radius 1 is 1.23 bits per heavy atom. The molecule has 2 atom stereocenters. The molecule has 0 bridgehead atoms. The van der Waals surface area contributed by atoms with Crippen molar-refractivity contribution < 1.29 is 23.3 Å². The topological polar surface area (TPSA) is 72.3 Å². The summed E-state index contributed by atoms with van der Waals surface area (Å²) in [6, 6.07) is 10.8. The van der Waals surface area contributed by atoms with Crippen LogP contribution in [-0.4, -0.2) is 31.5 Å². The zero-order valence-electron chi connectivity index (χ0n) is 17.9. The highest BCUT2D eigenvalue weighted by atomic mass is 19.1. The maximum Gasteiger partial charge on any atom is 0.273 e. The molecule has 0 aromatic heterocycles. The van der Waals surface area contributed by atoms with E-state index in [4.69, 9.17) is 9.68 Å². The molecule has 2 aromatic carbocycles. The van der Waals surface area contributed by atoms with Crippen LogP contribution in [-0.2, 0) is 26.5 Å². The van der Waals surface area contributed by atoms with Crippen LogP contribution >= 0.6 is 0 Å². The van der Waals surface area contributed by atoms with Gasteiger partial charge < -0.3 is 15.0 Å². The first-order chi connectivity index (χ1) is 14.8. The maximum absolute atomic E-state index is 14.2. The van der Waals surface area contributed by atoms with Crippen LogP contribution in [0.5, 0.6) is 0 Å². The molecular weight excluding hydrogens is 404 g/mol. The molecule has 1 N–H and O–H groups in total. The summed E-state index contributed by atoms with van der Waals surface area (Å²) in [5.74, 6) is -1.53. The van der Waals surface area contributed by atoms with Gasteiger partial charge in [0.05, 0.1) is 5.71 Å². The summed E-state index contributed by atoms with van der Waals surface area (Å²) in [6.45, 7) is 3.87. The molecule has 164 valence electrons. The third-order valence-corrected chi connectivity index (χ3v) is 5.61. The van der Waals surface area contributed by atoms with Crippen LogP contribution in [0.15, 0.2) is 52.8 Å². The molecule has 0 heterocycles. The molecule has 0 saturated heterocycles. The van der Waals surface area contributed by atoms with Gasteiger partial charge in [0, 0.05) is 35.6 Å². The zero-order valence-corrected chi connectivity index (χ0v) is 17.9. The van der Waals surface area contributed by atoms with E-state index in [-0.39, 0.29) is 24.1 Å². The minimum atomic E-state index is -0.595. The molecule has 3 rings (SSSR count). The van der Waals surface area contributed by atoms with Crippen molar-refractivity contribution >= 4 is 17.3 Å². The molecule has 2 aromatic rings. The van der Waals surface area contributed by atoms with Gasteiger partial charge in [-0.2, -0.15) is 0 Å². The number of amides is 1. The number of hydrogen-bond donors (Lipinski definition) is 1. The van der Waals surface area contributed by atoms with Gasteiger partial charge in [-0.1, -0.05) is 47.6 Å². The summed E-state index contributed by atoms with van der Waals surface area (Å²) >= 11 is 0. The summed E-state index contributed by atoms with van der Waals surface area (Å²) < 4.78 is 27.4. The Kier molecular flexibility index (Phi) is 6.68. The number of nitrogens with zero attached hydrogens (tertiary/aromatic N) is 2. The molecule has 1 fully saturated rings. The Hall–Kier alpha value is -3.29. The van der Waals surface area contributed by atoms with Gasteiger partial charge in [0.15, 0.2) is 5.71 Å². The Morgan fingerprint density at radius 3 is 2.65 bits per heavy atom. The normalized spacial score (nSPS) is 20.9. The lowest BCUT2D eigenvalue weighted by molar-refractivity contribution is -0.114. The van der Waals surface area contributed by atoms with Crippen LogP contribution in [0.3, 0.4) is 0 Å². The summed E-state index contributed by atoms with van der Waals surface area (Å²) in [5, 5.41) is 10.6. The molecule has 6 nitrogen and oxygen atoms in total. The Bertz CT molecular complexity index is 1040. The standard InChI is InChI=1S/C23H25F2N3O3/c1-14(19-12-23(19,2)18-10-9-16(24)11-20(18)25)27-31-13-15-7-5-6-8-17(15)21(28-30-4)22(29)26-3/h5-11,19H,12-13H2,1-4H3,(H,26,29)/b27-14+,28-21-. The number of halogens is 2. The van der Waals surface area contributed by atoms with E-state index in [2.05, 4.69) is 15.6 Å². The van der Waals surface area contributed by atoms with Crippen molar-refractivity contribution in [3.8, 4) is 0 Å². The fourth-order valence-electron chi connectivity index (χ4n) is 3.79. The summed E-state index contributed by atoms with van der Waals surface area (Å²) in [4.78, 5) is 22.5. The lowest BCUT2D eigenvalue weighted by Gasteiger charge is -2.13. The van der Waals surface area contributed by atoms with E-state index in [9.17, 15) is 13.6 Å². The van der Waals surface area contributed by atoms with E-state index >= 15 is 0 Å². The monoisotopic (exact) mass is 429 g/mol. The Morgan fingerprint density at radius 2 is 1.97 bits per heavy atom. The lowest BCUT2D eigenvalue weighted by atomic mass is 9.93. The van der Waals surface area contributed by atoms with E-state index in [0.29, 0.717) is 23.1 Å². The predicted molar refractivity (Wildman–Crippen MR) is 114 cm³/mol. The Balaban J connectivity index is 1.72. The number of benzene rings is 2. The summed E-state index contributed by atoms with van der Waals surface area (Å²) in [7, 11) is 2.88. The fraction of sp³-hybridized carbons (Fsp3) is 0.348. The van der Waals surface area contributed by atoms with Crippen molar-refractivity contribution in [2.24, 2.45) is 16.2 Å². The van der Waals surface area contributed by atoms with E-state index in [1.54, 1.807) is 12.1 Å². The van der Waals surface area contributed by atoms with Gasteiger partial charge in [-0.3, -0.25) is 4.79 Å². The van der Waals surface area contributed by atoms with E-state index < -0.39 is 17.0 Å². The second-order valence-corrected chi connectivity index (χ2v) is 7.66. The SMILES string of the molecule is CNC(=O)/C(=N\OC)c1ccccc1CO/N=C(\C)C1CC1(C)c1ccc(F)cc1F. The third-order valence-electron chi connectivity index (χ3n) is 5.61. The highest BCUT2D eigenvalue weighted by Crippen LogP contribution is 2.55. The largest absolute Gasteiger partial charge is 0.398 e. The number of rotatable bonds is 8. The second kappa shape index (κ2) is 9.24. The average Bonchev–Trinajstić information content (AvgIpc) is 3.44. The van der Waals surface area contributed by atoms with Crippen molar-refractivity contribution in [3.05, 3.63) is 70.8 Å². The number of hydrogen-bond acceptors (Lipinski definition) is 5. The summed E-state index contributed by atoms with van der Waals surface area (Å²) in [6.07, 6.45) is 0.701. The van der Waals surface area contributed by atoms with E-state index in [0.717, 1.165) is 11.8 Å². The first-order valence-corrected chi connectivity index (χ1v) is 9.85. The highest BCUT2D eigenvalue weighted by Gasteiger charge is 2.54. The predicted octanol–water partition coefficient (Wildman–Crippen LogP) is 3.93. The smallest absolute Gasteiger partial charge is 0.273 e. The number of likely N-dealkylation sites (N-methyl/N-ethyl adjacent to an activating group) is 1. The molecule has 31 heavy (non-hydrogen) atoms. The maximum atomic E-state index is 14.2. The lowest BCUT2D eigenvalue weighted by Crippen LogP contribution is -2.29. The number of carbonyl (C=O) groups excluding carboxylic acids is 1. The number of carbonyl (C=O) groups is 1. The molecule has 2 unspecified atom stereocenters. The van der Waals surface area contributed by atoms with Crippen LogP contribution in [0.1, 0.15) is 37.0 Å². The molecule has 0 aliphatic heterocycles. The van der Waals surface area contributed by atoms with Gasteiger partial charge in [0.1, 0.15) is 25.4 Å². The summed E-state index contributed by atoms with van der Waals surface area (Å²) in [5.41, 5.74) is 2.17. The van der Waals surface area contributed by atoms with E-state index in [1.165, 1.54) is 26.3 Å². The molecule has 1 saturated carbocycles. The van der Waals surface area contributed by atoms with Gasteiger partial charge >= 0.3 is 0 Å². The molecule has 1 aliphatic carbocycles. The van der Waals surface area contributed by atoms with Crippen LogP contribution < -0.4 is 5.32 Å². The van der Waals surface area contributed by atoms with Crippen LogP contribution in [0.4, 0.5) is 8.78 Å². The fourth-order valence-corrected chi connectivity index (χ4v) is 3.79. The van der Waals surface area contributed by atoms with Crippen molar-refractivity contribution in [3.63, 3.8) is 0 Å². The molecule has 8 heteroatoms. The van der Waals surface area contributed by atoms with Crippen LogP contribution in [0.2, 0.25) is 0 Å². The van der Waals surface area contributed by atoms with Crippen LogP contribution in [0.25, 0.3) is 0 Å².